The fourth-order valence-corrected chi connectivity index (χ4v) is 1.44. The molecular weight excluding hydrogens is 348 g/mol. The third-order valence-corrected chi connectivity index (χ3v) is 2.59. The number of benzene rings is 2. The molecule has 0 fully saturated rings. The number of carbonyl (C=O) groups excluding carboxylic acids is 1. The highest BCUT2D eigenvalue weighted by molar-refractivity contribution is 5.74. The molecular formula is C18H17F2NO5. The van der Waals surface area contributed by atoms with Crippen LogP contribution in [-0.4, -0.2) is 22.3 Å². The zero-order valence-electron chi connectivity index (χ0n) is 14.1. The van der Waals surface area contributed by atoms with Crippen LogP contribution in [0.4, 0.5) is 8.78 Å². The van der Waals surface area contributed by atoms with Crippen LogP contribution in [0.1, 0.15) is 29.8 Å². The Balaban J connectivity index is 0.000000416. The Kier molecular flexibility index (Phi) is 10.4. The highest BCUT2D eigenvalue weighted by atomic mass is 19.1. The first-order valence-corrected chi connectivity index (χ1v) is 7.15. The van der Waals surface area contributed by atoms with E-state index in [2.05, 4.69) is 0 Å². The van der Waals surface area contributed by atoms with Gasteiger partial charge >= 0.3 is 0 Å². The van der Waals surface area contributed by atoms with Crippen LogP contribution in [0.3, 0.4) is 0 Å². The molecule has 0 unspecified atom stereocenters. The number of halogens is 2. The van der Waals surface area contributed by atoms with Crippen LogP contribution in [0.5, 0.6) is 0 Å². The summed E-state index contributed by atoms with van der Waals surface area (Å²) < 4.78 is 25.3. The number of nitrogens with zero attached hydrogens (tertiary/aromatic N) is 1. The maximum absolute atomic E-state index is 12.9. The molecule has 1 N–H and O–H groups in total. The van der Waals surface area contributed by atoms with Crippen molar-refractivity contribution in [3.63, 3.8) is 0 Å². The van der Waals surface area contributed by atoms with E-state index in [-0.39, 0.29) is 16.8 Å². The number of hydrogen-bond acceptors (Lipinski definition) is 4. The van der Waals surface area contributed by atoms with E-state index in [4.69, 9.17) is 9.90 Å². The van der Waals surface area contributed by atoms with Crippen LogP contribution < -0.4 is 0 Å². The fourth-order valence-electron chi connectivity index (χ4n) is 1.44. The number of aldehydes is 1. The second-order valence-electron chi connectivity index (χ2n) is 4.72. The van der Waals surface area contributed by atoms with Gasteiger partial charge < -0.3 is 5.11 Å². The minimum atomic E-state index is -0.833. The van der Waals surface area contributed by atoms with Crippen LogP contribution in [-0.2, 0) is 4.79 Å². The first kappa shape index (κ1) is 22.6. The van der Waals surface area contributed by atoms with Crippen LogP contribution in [0, 0.1) is 21.7 Å². The smallest absolute Gasteiger partial charge is 0.300 e. The van der Waals surface area contributed by atoms with Gasteiger partial charge in [0.25, 0.3) is 5.97 Å². The third-order valence-electron chi connectivity index (χ3n) is 2.59. The van der Waals surface area contributed by atoms with Crippen molar-refractivity contribution in [2.45, 2.75) is 13.8 Å². The van der Waals surface area contributed by atoms with Gasteiger partial charge in [0, 0.05) is 25.5 Å². The lowest BCUT2D eigenvalue weighted by atomic mass is 10.2. The van der Waals surface area contributed by atoms with Gasteiger partial charge in [0.05, 0.1) is 10.5 Å². The Labute approximate surface area is 148 Å². The number of carboxylic acid groups (broad SMARTS) is 1. The summed E-state index contributed by atoms with van der Waals surface area (Å²) >= 11 is 0. The Morgan fingerprint density at radius 3 is 1.69 bits per heavy atom. The van der Waals surface area contributed by atoms with E-state index in [1.54, 1.807) is 18.2 Å². The van der Waals surface area contributed by atoms with Crippen LogP contribution >= 0.6 is 0 Å². The Morgan fingerprint density at radius 1 is 1.00 bits per heavy atom. The normalized spacial score (nSPS) is 9.77. The average Bonchev–Trinajstić information content (AvgIpc) is 2.57. The van der Waals surface area contributed by atoms with Gasteiger partial charge in [-0.3, -0.25) is 19.7 Å². The van der Waals surface area contributed by atoms with Gasteiger partial charge in [-0.1, -0.05) is 30.3 Å². The number of allylic oxidation sites excluding steroid dienone is 1. The maximum atomic E-state index is 12.9. The van der Waals surface area contributed by atoms with E-state index >= 15 is 0 Å². The lowest BCUT2D eigenvalue weighted by Crippen LogP contribution is -1.93. The van der Waals surface area contributed by atoms with Gasteiger partial charge in [0.1, 0.15) is 11.6 Å². The van der Waals surface area contributed by atoms with E-state index in [1.807, 2.05) is 0 Å². The Morgan fingerprint density at radius 2 is 1.38 bits per heavy atom. The molecule has 2 aromatic carbocycles. The summed E-state index contributed by atoms with van der Waals surface area (Å²) in [6.07, 6.45) is 1.70. The maximum Gasteiger partial charge on any atom is 0.300 e. The number of rotatable bonds is 3. The minimum absolute atomic E-state index is 0.0786. The van der Waals surface area contributed by atoms with E-state index in [9.17, 15) is 23.7 Å². The summed E-state index contributed by atoms with van der Waals surface area (Å²) in [6, 6.07) is 11.8. The van der Waals surface area contributed by atoms with E-state index < -0.39 is 22.5 Å². The van der Waals surface area contributed by atoms with Crippen molar-refractivity contribution in [2.75, 3.05) is 0 Å². The summed E-state index contributed by atoms with van der Waals surface area (Å²) in [7, 11) is 0. The quantitative estimate of drug-likeness (QED) is 0.500. The Hall–Kier alpha value is -3.42. The second-order valence-corrected chi connectivity index (χ2v) is 4.72. The van der Waals surface area contributed by atoms with Crippen molar-refractivity contribution in [2.24, 2.45) is 0 Å². The molecule has 0 saturated carbocycles. The summed E-state index contributed by atoms with van der Waals surface area (Å²) in [5, 5.41) is 17.6. The second kappa shape index (κ2) is 12.0. The molecule has 0 heterocycles. The lowest BCUT2D eigenvalue weighted by molar-refractivity contribution is -0.422. The lowest BCUT2D eigenvalue weighted by Gasteiger charge is -1.94. The van der Waals surface area contributed by atoms with Gasteiger partial charge in [0.2, 0.25) is 5.70 Å². The van der Waals surface area contributed by atoms with Gasteiger partial charge in [-0.25, -0.2) is 8.78 Å². The molecule has 0 radical (unpaired) electrons. The van der Waals surface area contributed by atoms with E-state index in [0.29, 0.717) is 6.29 Å². The monoisotopic (exact) mass is 365 g/mol. The van der Waals surface area contributed by atoms with E-state index in [0.717, 1.165) is 6.92 Å². The molecule has 0 atom stereocenters. The molecule has 0 aliphatic rings. The highest BCUT2D eigenvalue weighted by Gasteiger charge is 2.04. The number of carboxylic acids is 1. The van der Waals surface area contributed by atoms with Crippen LogP contribution in [0.15, 0.2) is 54.2 Å². The standard InChI is InChI=1S/C9H8FNO2.C7H5FO.C2H4O2/c1-7(11(12)13)6-8-4-2-3-5-9(8)10;8-7-4-2-1-3-6(7)5-9;1-2(3)4/h2-6H,1H3;1-5H;1H3,(H,3,4)/b7-6-;;. The first-order valence-electron chi connectivity index (χ1n) is 7.15. The van der Waals surface area contributed by atoms with Crippen molar-refractivity contribution in [1.82, 2.24) is 0 Å². The summed E-state index contributed by atoms with van der Waals surface area (Å²) in [4.78, 5) is 28.7. The molecule has 2 rings (SSSR count). The van der Waals surface area contributed by atoms with Gasteiger partial charge in [-0.15, -0.1) is 0 Å². The molecule has 0 aliphatic carbocycles. The molecule has 26 heavy (non-hydrogen) atoms. The summed E-state index contributed by atoms with van der Waals surface area (Å²) in [6.45, 7) is 2.41. The fraction of sp³-hybridized carbons (Fsp3) is 0.111. The summed E-state index contributed by atoms with van der Waals surface area (Å²) in [5.41, 5.74) is 0.263. The zero-order chi connectivity index (χ0) is 20.1. The number of aliphatic carboxylic acids is 1. The summed E-state index contributed by atoms with van der Waals surface area (Å²) in [5.74, 6) is -1.75. The van der Waals surface area contributed by atoms with Gasteiger partial charge in [-0.05, 0) is 18.2 Å². The number of carbonyl (C=O) groups is 2. The van der Waals surface area contributed by atoms with Crippen molar-refractivity contribution in [1.29, 1.82) is 0 Å². The van der Waals surface area contributed by atoms with Gasteiger partial charge in [-0.2, -0.15) is 0 Å². The number of hydrogen-bond donors (Lipinski definition) is 1. The number of nitro groups is 1. The molecule has 8 heteroatoms. The molecule has 0 aliphatic heterocycles. The molecule has 0 amide bonds. The first-order chi connectivity index (χ1) is 12.2. The average molecular weight is 365 g/mol. The van der Waals surface area contributed by atoms with Crippen molar-refractivity contribution in [3.05, 3.63) is 87.1 Å². The molecule has 2 aromatic rings. The van der Waals surface area contributed by atoms with Gasteiger partial charge in [0.15, 0.2) is 6.29 Å². The minimum Gasteiger partial charge on any atom is -0.481 e. The SMILES string of the molecule is C/C(=C/c1ccccc1F)[N+](=O)[O-].CC(=O)O.O=Cc1ccccc1F. The largest absolute Gasteiger partial charge is 0.481 e. The topological polar surface area (TPSA) is 97.5 Å². The predicted molar refractivity (Wildman–Crippen MR) is 92.1 cm³/mol. The molecule has 0 aromatic heterocycles. The molecule has 6 nitrogen and oxygen atoms in total. The van der Waals surface area contributed by atoms with Crippen LogP contribution in [0.25, 0.3) is 6.08 Å². The third kappa shape index (κ3) is 9.66. The highest BCUT2D eigenvalue weighted by Crippen LogP contribution is 2.11. The molecule has 0 spiro atoms. The van der Waals surface area contributed by atoms with Crippen molar-refractivity contribution in [3.8, 4) is 0 Å². The van der Waals surface area contributed by atoms with Crippen molar-refractivity contribution < 1.29 is 28.4 Å². The predicted octanol–water partition coefficient (Wildman–Crippen LogP) is 4.19. The van der Waals surface area contributed by atoms with E-state index in [1.165, 1.54) is 43.3 Å². The molecule has 0 saturated heterocycles. The van der Waals surface area contributed by atoms with Crippen LogP contribution in [0.2, 0.25) is 0 Å². The Bertz CT molecular complexity index is 787. The molecule has 138 valence electrons. The van der Waals surface area contributed by atoms with Crippen molar-refractivity contribution >= 4 is 18.3 Å². The molecule has 0 bridgehead atoms. The zero-order valence-corrected chi connectivity index (χ0v) is 14.1.